The second-order valence-electron chi connectivity index (χ2n) is 4.81. The molecule has 2 aromatic rings. The van der Waals surface area contributed by atoms with E-state index in [1.807, 2.05) is 44.2 Å². The maximum Gasteiger partial charge on any atom is 0.349 e. The van der Waals surface area contributed by atoms with Gasteiger partial charge in [0.05, 0.1) is 0 Å². The molecule has 0 saturated heterocycles. The van der Waals surface area contributed by atoms with Gasteiger partial charge in [0, 0.05) is 4.88 Å². The molecule has 0 amide bonds. The van der Waals surface area contributed by atoms with E-state index < -0.39 is 5.97 Å². The molecule has 4 nitrogen and oxygen atoms in total. The number of hydrogen-bond donors (Lipinski definition) is 1. The van der Waals surface area contributed by atoms with Crippen molar-refractivity contribution in [3.63, 3.8) is 0 Å². The van der Waals surface area contributed by atoms with Crippen LogP contribution in [-0.4, -0.2) is 24.3 Å². The molecule has 0 spiro atoms. The Labute approximate surface area is 128 Å². The number of carbonyl (C=O) groups is 1. The molecule has 5 heteroatoms. The van der Waals surface area contributed by atoms with E-state index in [0.717, 1.165) is 10.6 Å². The maximum atomic E-state index is 11.2. The van der Waals surface area contributed by atoms with Gasteiger partial charge in [-0.3, -0.25) is 0 Å². The van der Waals surface area contributed by atoms with Crippen LogP contribution in [0.5, 0.6) is 11.5 Å². The van der Waals surface area contributed by atoms with Crippen LogP contribution in [0, 0.1) is 0 Å². The molecular weight excluding hydrogens is 288 g/mol. The van der Waals surface area contributed by atoms with Gasteiger partial charge >= 0.3 is 5.97 Å². The number of hydrogen-bond acceptors (Lipinski definition) is 4. The third-order valence-corrected chi connectivity index (χ3v) is 4.24. The van der Waals surface area contributed by atoms with E-state index in [2.05, 4.69) is 0 Å². The molecule has 0 aliphatic rings. The van der Waals surface area contributed by atoms with Gasteiger partial charge in [-0.15, -0.1) is 11.3 Å². The monoisotopic (exact) mass is 306 g/mol. The Kier molecular flexibility index (Phi) is 5.22. The number of para-hydroxylation sites is 1. The second kappa shape index (κ2) is 7.13. The summed E-state index contributed by atoms with van der Waals surface area (Å²) in [5.74, 6) is 0.525. The van der Waals surface area contributed by atoms with E-state index in [-0.39, 0.29) is 10.8 Å². The largest absolute Gasteiger partial charge is 0.490 e. The predicted octanol–water partition coefficient (Wildman–Crippen LogP) is 4.03. The molecule has 0 fully saturated rings. The summed E-state index contributed by atoms with van der Waals surface area (Å²) in [5.41, 5.74) is 0. The first-order valence-corrected chi connectivity index (χ1v) is 7.57. The van der Waals surface area contributed by atoms with Crippen molar-refractivity contribution < 1.29 is 19.4 Å². The molecule has 0 saturated carbocycles. The van der Waals surface area contributed by atoms with Crippen LogP contribution in [0.4, 0.5) is 0 Å². The van der Waals surface area contributed by atoms with Gasteiger partial charge in [-0.25, -0.2) is 4.79 Å². The van der Waals surface area contributed by atoms with Crippen molar-refractivity contribution in [2.75, 3.05) is 13.2 Å². The lowest BCUT2D eigenvalue weighted by atomic mass is 10.2. The molecule has 0 atom stereocenters. The average Bonchev–Trinajstić information content (AvgIpc) is 2.89. The van der Waals surface area contributed by atoms with E-state index in [4.69, 9.17) is 9.47 Å². The first-order chi connectivity index (χ1) is 10.1. The topological polar surface area (TPSA) is 55.8 Å². The van der Waals surface area contributed by atoms with Gasteiger partial charge in [0.2, 0.25) is 0 Å². The van der Waals surface area contributed by atoms with Crippen molar-refractivity contribution in [1.29, 1.82) is 0 Å². The number of aromatic carboxylic acids is 1. The van der Waals surface area contributed by atoms with Gasteiger partial charge in [0.15, 0.2) is 4.88 Å². The summed E-state index contributed by atoms with van der Waals surface area (Å²) < 4.78 is 11.1. The summed E-state index contributed by atoms with van der Waals surface area (Å²) in [6, 6.07) is 11.2. The minimum Gasteiger partial charge on any atom is -0.490 e. The molecule has 1 aromatic carbocycles. The van der Waals surface area contributed by atoms with Gasteiger partial charge in [-0.2, -0.15) is 0 Å². The molecule has 0 aliphatic heterocycles. The molecule has 1 aromatic heterocycles. The molecule has 0 bridgehead atoms. The standard InChI is InChI=1S/C16H18O4S/c1-11(2)14-10-13(15(21-14)16(17)18)20-9-8-19-12-6-4-3-5-7-12/h3-7,10-11H,8-9H2,1-2H3,(H,17,18). The molecule has 0 aliphatic carbocycles. The minimum atomic E-state index is -0.953. The fourth-order valence-electron chi connectivity index (χ4n) is 1.76. The highest BCUT2D eigenvalue weighted by molar-refractivity contribution is 7.14. The van der Waals surface area contributed by atoms with Gasteiger partial charge < -0.3 is 14.6 Å². The van der Waals surface area contributed by atoms with Crippen molar-refractivity contribution in [2.24, 2.45) is 0 Å². The Hall–Kier alpha value is -2.01. The zero-order chi connectivity index (χ0) is 15.2. The van der Waals surface area contributed by atoms with Crippen LogP contribution in [0.2, 0.25) is 0 Å². The summed E-state index contributed by atoms with van der Waals surface area (Å²) in [6.07, 6.45) is 0. The number of carboxylic acids is 1. The average molecular weight is 306 g/mol. The number of thiophene rings is 1. The Bertz CT molecular complexity index is 590. The minimum absolute atomic E-state index is 0.249. The summed E-state index contributed by atoms with van der Waals surface area (Å²) in [4.78, 5) is 12.5. The Balaban J connectivity index is 1.92. The lowest BCUT2D eigenvalue weighted by molar-refractivity contribution is 0.0697. The first-order valence-electron chi connectivity index (χ1n) is 6.75. The van der Waals surface area contributed by atoms with Crippen molar-refractivity contribution in [3.05, 3.63) is 46.2 Å². The van der Waals surface area contributed by atoms with Crippen LogP contribution in [-0.2, 0) is 0 Å². The maximum absolute atomic E-state index is 11.2. The summed E-state index contributed by atoms with van der Waals surface area (Å²) in [6.45, 7) is 4.74. The number of rotatable bonds is 7. The van der Waals surface area contributed by atoms with Gasteiger partial charge in [-0.05, 0) is 24.1 Å². The van der Waals surface area contributed by atoms with E-state index in [1.165, 1.54) is 11.3 Å². The molecular formula is C16H18O4S. The van der Waals surface area contributed by atoms with Crippen LogP contribution < -0.4 is 9.47 Å². The van der Waals surface area contributed by atoms with Crippen LogP contribution in [0.1, 0.15) is 34.3 Å². The normalized spacial score (nSPS) is 10.6. The SMILES string of the molecule is CC(C)c1cc(OCCOc2ccccc2)c(C(=O)O)s1. The Morgan fingerprint density at radius 3 is 2.48 bits per heavy atom. The zero-order valence-electron chi connectivity index (χ0n) is 12.0. The van der Waals surface area contributed by atoms with E-state index >= 15 is 0 Å². The molecule has 1 N–H and O–H groups in total. The van der Waals surface area contributed by atoms with E-state index in [1.54, 1.807) is 6.07 Å². The van der Waals surface area contributed by atoms with Crippen LogP contribution in [0.15, 0.2) is 36.4 Å². The van der Waals surface area contributed by atoms with Crippen molar-refractivity contribution >= 4 is 17.3 Å². The van der Waals surface area contributed by atoms with Crippen molar-refractivity contribution in [2.45, 2.75) is 19.8 Å². The smallest absolute Gasteiger partial charge is 0.349 e. The van der Waals surface area contributed by atoms with Gasteiger partial charge in [0.1, 0.15) is 24.7 Å². The third kappa shape index (κ3) is 4.23. The molecule has 1 heterocycles. The summed E-state index contributed by atoms with van der Waals surface area (Å²) >= 11 is 1.26. The molecule has 112 valence electrons. The van der Waals surface area contributed by atoms with Crippen molar-refractivity contribution in [1.82, 2.24) is 0 Å². The lowest BCUT2D eigenvalue weighted by Crippen LogP contribution is -2.10. The number of benzene rings is 1. The highest BCUT2D eigenvalue weighted by Gasteiger charge is 2.18. The number of carboxylic acid groups (broad SMARTS) is 1. The molecule has 0 radical (unpaired) electrons. The van der Waals surface area contributed by atoms with Crippen LogP contribution in [0.25, 0.3) is 0 Å². The molecule has 0 unspecified atom stereocenters. The fourth-order valence-corrected chi connectivity index (χ4v) is 2.70. The Morgan fingerprint density at radius 1 is 1.19 bits per heavy atom. The number of ether oxygens (including phenoxy) is 2. The van der Waals surface area contributed by atoms with Crippen LogP contribution in [0.3, 0.4) is 0 Å². The quantitative estimate of drug-likeness (QED) is 0.785. The Morgan fingerprint density at radius 2 is 1.86 bits per heavy atom. The summed E-state index contributed by atoms with van der Waals surface area (Å²) in [5, 5.41) is 9.19. The summed E-state index contributed by atoms with van der Waals surface area (Å²) in [7, 11) is 0. The predicted molar refractivity (Wildman–Crippen MR) is 82.8 cm³/mol. The zero-order valence-corrected chi connectivity index (χ0v) is 12.9. The van der Waals surface area contributed by atoms with Crippen molar-refractivity contribution in [3.8, 4) is 11.5 Å². The first kappa shape index (κ1) is 15.4. The highest BCUT2D eigenvalue weighted by Crippen LogP contribution is 2.33. The van der Waals surface area contributed by atoms with Gasteiger partial charge in [0.25, 0.3) is 0 Å². The molecule has 21 heavy (non-hydrogen) atoms. The fraction of sp³-hybridized carbons (Fsp3) is 0.312. The van der Waals surface area contributed by atoms with E-state index in [9.17, 15) is 9.90 Å². The lowest BCUT2D eigenvalue weighted by Gasteiger charge is -2.07. The molecule has 2 rings (SSSR count). The third-order valence-electron chi connectivity index (χ3n) is 2.83. The van der Waals surface area contributed by atoms with E-state index in [0.29, 0.717) is 19.0 Å². The van der Waals surface area contributed by atoms with Crippen LogP contribution >= 0.6 is 11.3 Å². The second-order valence-corrected chi connectivity index (χ2v) is 5.90. The van der Waals surface area contributed by atoms with Gasteiger partial charge in [-0.1, -0.05) is 32.0 Å². The highest BCUT2D eigenvalue weighted by atomic mass is 32.1.